The van der Waals surface area contributed by atoms with E-state index in [0.29, 0.717) is 17.7 Å². The maximum absolute atomic E-state index is 12.1. The van der Waals surface area contributed by atoms with Gasteiger partial charge in [-0.25, -0.2) is 4.79 Å². The summed E-state index contributed by atoms with van der Waals surface area (Å²) in [5, 5.41) is 8.32. The van der Waals surface area contributed by atoms with Crippen LogP contribution in [-0.2, 0) is 9.53 Å². The molecule has 156 valence electrons. The fourth-order valence-corrected chi connectivity index (χ4v) is 2.87. The van der Waals surface area contributed by atoms with Gasteiger partial charge < -0.3 is 20.7 Å². The summed E-state index contributed by atoms with van der Waals surface area (Å²) in [6, 6.07) is 6.65. The maximum Gasteiger partial charge on any atom is 0.339 e. The molecule has 0 aliphatic carbocycles. The summed E-state index contributed by atoms with van der Waals surface area (Å²) in [7, 11) is 1.28. The molecule has 0 aliphatic rings. The molecule has 0 aliphatic heterocycles. The van der Waals surface area contributed by atoms with Crippen LogP contribution in [0.15, 0.2) is 24.3 Å². The minimum absolute atomic E-state index is 0.0685. The monoisotopic (exact) mass is 467 g/mol. The molecule has 1 aromatic carbocycles. The number of amides is 1. The summed E-state index contributed by atoms with van der Waals surface area (Å²) in [6.45, 7) is 2.09. The van der Waals surface area contributed by atoms with E-state index in [9.17, 15) is 9.59 Å². The molecule has 1 rings (SSSR count). The normalized spacial score (nSPS) is 12.0. The molecule has 0 radical (unpaired) electrons. The Hall–Kier alpha value is -1.28. The van der Waals surface area contributed by atoms with Crippen molar-refractivity contribution in [3.8, 4) is 0 Å². The standard InChI is InChI=1S/C18H24Cl3N3O3S/c1-3-4-5-6-11-14(25)23-16(18(19,20)21)24-17(28)22-13-10-8-7-9-12(13)15(26)27-2/h7-10,16H,3-6,11H2,1-2H3,(H,23,25)(H2,22,24,28)/t16-/m0/s1. The number of carbonyl (C=O) groups is 2. The molecule has 1 atom stereocenters. The molecule has 0 spiro atoms. The summed E-state index contributed by atoms with van der Waals surface area (Å²) in [4.78, 5) is 24.0. The minimum Gasteiger partial charge on any atom is -0.465 e. The van der Waals surface area contributed by atoms with Crippen LogP contribution in [0.5, 0.6) is 0 Å². The molecule has 3 N–H and O–H groups in total. The topological polar surface area (TPSA) is 79.5 Å². The van der Waals surface area contributed by atoms with Gasteiger partial charge in [0.25, 0.3) is 0 Å². The Labute approximate surface area is 185 Å². The van der Waals surface area contributed by atoms with Gasteiger partial charge in [0.1, 0.15) is 6.17 Å². The summed E-state index contributed by atoms with van der Waals surface area (Å²) in [5.41, 5.74) is 0.709. The number of ether oxygens (including phenoxy) is 1. The number of anilines is 1. The van der Waals surface area contributed by atoms with Crippen molar-refractivity contribution in [1.82, 2.24) is 10.6 Å². The van der Waals surface area contributed by atoms with Crippen LogP contribution < -0.4 is 16.0 Å². The molecular weight excluding hydrogens is 445 g/mol. The predicted octanol–water partition coefficient (Wildman–Crippen LogP) is 4.54. The second-order valence-electron chi connectivity index (χ2n) is 5.99. The summed E-state index contributed by atoms with van der Waals surface area (Å²) >= 11 is 23.1. The molecule has 1 amide bonds. The summed E-state index contributed by atoms with van der Waals surface area (Å²) < 4.78 is 2.90. The van der Waals surface area contributed by atoms with Crippen molar-refractivity contribution >= 4 is 69.7 Å². The van der Waals surface area contributed by atoms with E-state index in [1.165, 1.54) is 7.11 Å². The highest BCUT2D eigenvalue weighted by atomic mass is 35.6. The van der Waals surface area contributed by atoms with E-state index in [1.807, 2.05) is 0 Å². The highest BCUT2D eigenvalue weighted by molar-refractivity contribution is 7.80. The number of hydrogen-bond donors (Lipinski definition) is 3. The molecule has 6 nitrogen and oxygen atoms in total. The van der Waals surface area contributed by atoms with Crippen LogP contribution in [0.2, 0.25) is 0 Å². The predicted molar refractivity (Wildman–Crippen MR) is 118 cm³/mol. The zero-order valence-electron chi connectivity index (χ0n) is 15.7. The van der Waals surface area contributed by atoms with Crippen molar-refractivity contribution in [2.45, 2.75) is 49.0 Å². The Morgan fingerprint density at radius 3 is 2.43 bits per heavy atom. The number of halogens is 3. The van der Waals surface area contributed by atoms with Gasteiger partial charge in [-0.05, 0) is 30.8 Å². The van der Waals surface area contributed by atoms with Crippen LogP contribution in [0.1, 0.15) is 49.4 Å². The highest BCUT2D eigenvalue weighted by Crippen LogP contribution is 2.29. The van der Waals surface area contributed by atoms with Crippen LogP contribution in [0.4, 0.5) is 5.69 Å². The number of rotatable bonds is 9. The average molecular weight is 469 g/mol. The lowest BCUT2D eigenvalue weighted by molar-refractivity contribution is -0.122. The fourth-order valence-electron chi connectivity index (χ4n) is 2.31. The molecule has 0 fully saturated rings. The lowest BCUT2D eigenvalue weighted by Gasteiger charge is -2.28. The van der Waals surface area contributed by atoms with Gasteiger partial charge in [-0.1, -0.05) is 73.1 Å². The van der Waals surface area contributed by atoms with Gasteiger partial charge in [0.15, 0.2) is 5.11 Å². The first-order chi connectivity index (χ1) is 13.2. The summed E-state index contributed by atoms with van der Waals surface area (Å²) in [6.07, 6.45) is 3.12. The van der Waals surface area contributed by atoms with Gasteiger partial charge in [0.2, 0.25) is 9.70 Å². The number of carbonyl (C=O) groups excluding carboxylic acids is 2. The zero-order valence-corrected chi connectivity index (χ0v) is 18.8. The van der Waals surface area contributed by atoms with Crippen molar-refractivity contribution < 1.29 is 14.3 Å². The van der Waals surface area contributed by atoms with Gasteiger partial charge >= 0.3 is 5.97 Å². The molecule has 10 heteroatoms. The van der Waals surface area contributed by atoms with E-state index >= 15 is 0 Å². The lowest BCUT2D eigenvalue weighted by Crippen LogP contribution is -2.56. The van der Waals surface area contributed by atoms with E-state index in [0.717, 1.165) is 25.7 Å². The van der Waals surface area contributed by atoms with Crippen molar-refractivity contribution in [1.29, 1.82) is 0 Å². The van der Waals surface area contributed by atoms with Crippen LogP contribution >= 0.6 is 47.0 Å². The molecular formula is C18H24Cl3N3O3S. The van der Waals surface area contributed by atoms with E-state index in [4.69, 9.17) is 51.8 Å². The molecule has 0 aromatic heterocycles. The van der Waals surface area contributed by atoms with Crippen molar-refractivity contribution in [3.05, 3.63) is 29.8 Å². The van der Waals surface area contributed by atoms with Crippen molar-refractivity contribution in [2.24, 2.45) is 0 Å². The van der Waals surface area contributed by atoms with Gasteiger partial charge in [-0.15, -0.1) is 0 Å². The third-order valence-electron chi connectivity index (χ3n) is 3.75. The smallest absolute Gasteiger partial charge is 0.339 e. The highest BCUT2D eigenvalue weighted by Gasteiger charge is 2.34. The third-order valence-corrected chi connectivity index (χ3v) is 4.62. The van der Waals surface area contributed by atoms with Gasteiger partial charge in [-0.2, -0.15) is 0 Å². The first-order valence-electron chi connectivity index (χ1n) is 8.80. The summed E-state index contributed by atoms with van der Waals surface area (Å²) in [5.74, 6) is -0.776. The molecule has 0 heterocycles. The van der Waals surface area contributed by atoms with Crippen LogP contribution in [-0.4, -0.2) is 34.1 Å². The van der Waals surface area contributed by atoms with Crippen LogP contribution in [0.3, 0.4) is 0 Å². The Bertz CT molecular complexity index is 684. The average Bonchev–Trinajstić information content (AvgIpc) is 2.63. The number of methoxy groups -OCH3 is 1. The lowest BCUT2D eigenvalue weighted by atomic mass is 10.1. The van der Waals surface area contributed by atoms with Crippen molar-refractivity contribution in [3.63, 3.8) is 0 Å². The maximum atomic E-state index is 12.1. The SMILES string of the molecule is CCCCCCC(=O)N[C@@H](NC(=S)Nc1ccccc1C(=O)OC)C(Cl)(Cl)Cl. The molecule has 28 heavy (non-hydrogen) atoms. The van der Waals surface area contributed by atoms with E-state index in [-0.39, 0.29) is 11.0 Å². The fraction of sp³-hybridized carbons (Fsp3) is 0.500. The Balaban J connectivity index is 2.73. The number of hydrogen-bond acceptors (Lipinski definition) is 4. The quantitative estimate of drug-likeness (QED) is 0.162. The first kappa shape index (κ1) is 24.8. The largest absolute Gasteiger partial charge is 0.465 e. The Morgan fingerprint density at radius 2 is 1.82 bits per heavy atom. The van der Waals surface area contributed by atoms with E-state index in [2.05, 4.69) is 22.9 Å². The minimum atomic E-state index is -1.84. The number of benzene rings is 1. The molecule has 0 saturated heterocycles. The van der Waals surface area contributed by atoms with Crippen LogP contribution in [0.25, 0.3) is 0 Å². The number of esters is 1. The number of nitrogens with one attached hydrogen (secondary N) is 3. The van der Waals surface area contributed by atoms with E-state index < -0.39 is 15.9 Å². The van der Waals surface area contributed by atoms with E-state index in [1.54, 1.807) is 24.3 Å². The molecule has 0 saturated carbocycles. The first-order valence-corrected chi connectivity index (χ1v) is 10.3. The third kappa shape index (κ3) is 8.82. The number of alkyl halides is 3. The molecule has 1 aromatic rings. The Kier molecular flexibility index (Phi) is 10.9. The van der Waals surface area contributed by atoms with Crippen LogP contribution in [0, 0.1) is 0 Å². The Morgan fingerprint density at radius 1 is 1.14 bits per heavy atom. The second-order valence-corrected chi connectivity index (χ2v) is 8.77. The molecule has 0 unspecified atom stereocenters. The van der Waals surface area contributed by atoms with Gasteiger partial charge in [0, 0.05) is 6.42 Å². The zero-order chi connectivity index (χ0) is 21.2. The number of thiocarbonyl (C=S) groups is 1. The molecule has 0 bridgehead atoms. The number of unbranched alkanes of at least 4 members (excludes halogenated alkanes) is 3. The van der Waals surface area contributed by atoms with Crippen molar-refractivity contribution in [2.75, 3.05) is 12.4 Å². The second kappa shape index (κ2) is 12.3. The number of para-hydroxylation sites is 1. The van der Waals surface area contributed by atoms with Gasteiger partial charge in [0.05, 0.1) is 18.4 Å². The van der Waals surface area contributed by atoms with Gasteiger partial charge in [-0.3, -0.25) is 4.79 Å².